The van der Waals surface area contributed by atoms with Crippen molar-refractivity contribution >= 4 is 22.5 Å². The first kappa shape index (κ1) is 16.1. The molecule has 6 nitrogen and oxygen atoms in total. The number of aromatic nitrogens is 3. The van der Waals surface area contributed by atoms with E-state index in [1.807, 2.05) is 72.3 Å². The first-order valence-electron chi connectivity index (χ1n) is 8.50. The molecule has 0 atom stereocenters. The number of para-hydroxylation sites is 2. The number of hydrogen-bond acceptors (Lipinski definition) is 4. The van der Waals surface area contributed by atoms with Crippen LogP contribution in [-0.2, 0) is 17.8 Å². The number of anilines is 1. The van der Waals surface area contributed by atoms with E-state index in [1.54, 1.807) is 0 Å². The third-order valence-corrected chi connectivity index (χ3v) is 4.16. The van der Waals surface area contributed by atoms with Crippen LogP contribution < -0.4 is 5.32 Å². The second-order valence-electron chi connectivity index (χ2n) is 5.96. The van der Waals surface area contributed by atoms with Gasteiger partial charge in [-0.25, -0.2) is 0 Å². The molecule has 1 N–H and O–H groups in total. The molecule has 6 heteroatoms. The number of hydrogen-bond donors (Lipinski definition) is 1. The summed E-state index contributed by atoms with van der Waals surface area (Å²) >= 11 is 0. The lowest BCUT2D eigenvalue weighted by Crippen LogP contribution is -2.18. The van der Waals surface area contributed by atoms with E-state index in [-0.39, 0.29) is 12.5 Å². The van der Waals surface area contributed by atoms with Gasteiger partial charge in [0.25, 0.3) is 0 Å². The molecule has 130 valence electrons. The smallest absolute Gasteiger partial charge is 0.249 e. The Balaban J connectivity index is 1.66. The van der Waals surface area contributed by atoms with Gasteiger partial charge in [-0.15, -0.1) is 10.2 Å². The number of nitrogens with zero attached hydrogens (tertiary/aromatic N) is 3. The molecule has 0 saturated heterocycles. The fourth-order valence-corrected chi connectivity index (χ4v) is 2.93. The first-order valence-corrected chi connectivity index (χ1v) is 8.50. The third-order valence-electron chi connectivity index (χ3n) is 4.16. The Bertz CT molecular complexity index is 1050. The molecule has 1 amide bonds. The van der Waals surface area contributed by atoms with E-state index in [2.05, 4.69) is 15.5 Å². The zero-order valence-electron chi connectivity index (χ0n) is 14.3. The van der Waals surface area contributed by atoms with Crippen molar-refractivity contribution in [3.8, 4) is 11.5 Å². The van der Waals surface area contributed by atoms with Crippen molar-refractivity contribution in [3.05, 3.63) is 66.7 Å². The molecule has 0 aliphatic heterocycles. The summed E-state index contributed by atoms with van der Waals surface area (Å²) in [5, 5.41) is 12.1. The molecular formula is C20H18N4O2. The number of carbonyl (C=O) groups excluding carboxylic acids is 1. The second kappa shape index (κ2) is 6.84. The fraction of sp³-hybridized carbons (Fsp3) is 0.150. The average molecular weight is 346 g/mol. The Hall–Kier alpha value is -3.41. The Kier molecular flexibility index (Phi) is 4.23. The van der Waals surface area contributed by atoms with Crippen molar-refractivity contribution < 1.29 is 9.21 Å². The van der Waals surface area contributed by atoms with Crippen LogP contribution in [0.2, 0.25) is 0 Å². The molecule has 4 aromatic rings. The van der Waals surface area contributed by atoms with E-state index in [9.17, 15) is 4.79 Å². The lowest BCUT2D eigenvalue weighted by molar-refractivity contribution is -0.116. The number of rotatable bonds is 5. The lowest BCUT2D eigenvalue weighted by atomic mass is 10.2. The summed E-state index contributed by atoms with van der Waals surface area (Å²) in [4.78, 5) is 12.4. The number of nitrogens with one attached hydrogen (secondary N) is 1. The van der Waals surface area contributed by atoms with Crippen LogP contribution in [0.5, 0.6) is 0 Å². The highest BCUT2D eigenvalue weighted by Crippen LogP contribution is 2.30. The monoisotopic (exact) mass is 346 g/mol. The minimum Gasteiger partial charge on any atom is -0.421 e. The van der Waals surface area contributed by atoms with Crippen LogP contribution in [0.3, 0.4) is 0 Å². The van der Waals surface area contributed by atoms with Crippen LogP contribution >= 0.6 is 0 Å². The van der Waals surface area contributed by atoms with Crippen molar-refractivity contribution in [2.75, 3.05) is 5.32 Å². The molecular weight excluding hydrogens is 328 g/mol. The Labute approximate surface area is 150 Å². The quantitative estimate of drug-likeness (QED) is 0.595. The van der Waals surface area contributed by atoms with Gasteiger partial charge in [0.15, 0.2) is 0 Å². The van der Waals surface area contributed by atoms with Gasteiger partial charge in [0.2, 0.25) is 17.7 Å². The summed E-state index contributed by atoms with van der Waals surface area (Å²) in [6.07, 6.45) is 2.58. The molecule has 0 fully saturated rings. The summed E-state index contributed by atoms with van der Waals surface area (Å²) in [7, 11) is 0. The predicted molar refractivity (Wildman–Crippen MR) is 99.7 cm³/mol. The largest absolute Gasteiger partial charge is 0.421 e. The molecule has 0 bridgehead atoms. The topological polar surface area (TPSA) is 73.0 Å². The molecule has 0 spiro atoms. The number of fused-ring (bicyclic) bond motifs is 1. The van der Waals surface area contributed by atoms with E-state index in [0.29, 0.717) is 18.2 Å². The average Bonchev–Trinajstić information content (AvgIpc) is 3.27. The van der Waals surface area contributed by atoms with Gasteiger partial charge in [0, 0.05) is 29.2 Å². The summed E-state index contributed by atoms with van der Waals surface area (Å²) in [6.45, 7) is 2.17. The maximum absolute atomic E-state index is 12.4. The van der Waals surface area contributed by atoms with E-state index in [1.165, 1.54) is 0 Å². The summed E-state index contributed by atoms with van der Waals surface area (Å²) in [5.74, 6) is 0.974. The van der Waals surface area contributed by atoms with E-state index < -0.39 is 0 Å². The minimum absolute atomic E-state index is 0.0942. The standard InChI is InChI=1S/C20H18N4O2/c1-2-19-22-23-20(26-19)16-12-24(17-11-7-6-10-15(16)17)13-18(25)21-14-8-4-3-5-9-14/h3-12H,2,13H2,1H3,(H,21,25). The molecule has 0 aliphatic carbocycles. The first-order chi connectivity index (χ1) is 12.7. The van der Waals surface area contributed by atoms with Crippen LogP contribution in [0.25, 0.3) is 22.4 Å². The molecule has 0 radical (unpaired) electrons. The van der Waals surface area contributed by atoms with Gasteiger partial charge in [-0.05, 0) is 18.2 Å². The molecule has 0 saturated carbocycles. The van der Waals surface area contributed by atoms with Gasteiger partial charge in [0.1, 0.15) is 6.54 Å². The van der Waals surface area contributed by atoms with Crippen LogP contribution in [0, 0.1) is 0 Å². The highest BCUT2D eigenvalue weighted by molar-refractivity contribution is 5.96. The Morgan fingerprint density at radius 3 is 2.62 bits per heavy atom. The maximum Gasteiger partial charge on any atom is 0.249 e. The van der Waals surface area contributed by atoms with Crippen LogP contribution in [0.1, 0.15) is 12.8 Å². The normalized spacial score (nSPS) is 11.0. The van der Waals surface area contributed by atoms with Crippen molar-refractivity contribution in [1.82, 2.24) is 14.8 Å². The molecule has 2 aromatic carbocycles. The van der Waals surface area contributed by atoms with E-state index in [0.717, 1.165) is 22.2 Å². The number of carbonyl (C=O) groups is 1. The van der Waals surface area contributed by atoms with Gasteiger partial charge in [0.05, 0.1) is 5.56 Å². The number of aryl methyl sites for hydroxylation is 1. The zero-order chi connectivity index (χ0) is 17.9. The van der Waals surface area contributed by atoms with Gasteiger partial charge < -0.3 is 14.3 Å². The molecule has 0 unspecified atom stereocenters. The van der Waals surface area contributed by atoms with Crippen LogP contribution in [0.15, 0.2) is 65.2 Å². The highest BCUT2D eigenvalue weighted by atomic mass is 16.4. The number of amides is 1. The summed E-state index contributed by atoms with van der Waals surface area (Å²) in [6, 6.07) is 17.3. The fourth-order valence-electron chi connectivity index (χ4n) is 2.93. The van der Waals surface area contributed by atoms with E-state index in [4.69, 9.17) is 4.42 Å². The summed E-state index contributed by atoms with van der Waals surface area (Å²) < 4.78 is 7.61. The second-order valence-corrected chi connectivity index (χ2v) is 5.96. The van der Waals surface area contributed by atoms with Crippen molar-refractivity contribution in [3.63, 3.8) is 0 Å². The van der Waals surface area contributed by atoms with Crippen LogP contribution in [-0.4, -0.2) is 20.7 Å². The molecule has 2 heterocycles. The third kappa shape index (κ3) is 3.09. The lowest BCUT2D eigenvalue weighted by Gasteiger charge is -2.07. The molecule has 4 rings (SSSR count). The molecule has 2 aromatic heterocycles. The minimum atomic E-state index is -0.0942. The van der Waals surface area contributed by atoms with Gasteiger partial charge >= 0.3 is 0 Å². The Morgan fingerprint density at radius 2 is 1.85 bits per heavy atom. The van der Waals surface area contributed by atoms with Gasteiger partial charge in [-0.2, -0.15) is 0 Å². The predicted octanol–water partition coefficient (Wildman–Crippen LogP) is 3.89. The SMILES string of the molecule is CCc1nnc(-c2cn(CC(=O)Nc3ccccc3)c3ccccc23)o1. The molecule has 0 aliphatic rings. The van der Waals surface area contributed by atoms with Crippen molar-refractivity contribution in [1.29, 1.82) is 0 Å². The number of benzene rings is 2. The van der Waals surface area contributed by atoms with Crippen LogP contribution in [0.4, 0.5) is 5.69 Å². The zero-order valence-corrected chi connectivity index (χ0v) is 14.3. The van der Waals surface area contributed by atoms with Gasteiger partial charge in [-0.1, -0.05) is 43.3 Å². The van der Waals surface area contributed by atoms with Crippen molar-refractivity contribution in [2.45, 2.75) is 19.9 Å². The summed E-state index contributed by atoms with van der Waals surface area (Å²) in [5.41, 5.74) is 2.56. The van der Waals surface area contributed by atoms with E-state index >= 15 is 0 Å². The molecule has 26 heavy (non-hydrogen) atoms. The highest BCUT2D eigenvalue weighted by Gasteiger charge is 2.16. The van der Waals surface area contributed by atoms with Crippen molar-refractivity contribution in [2.24, 2.45) is 0 Å². The Morgan fingerprint density at radius 1 is 1.08 bits per heavy atom. The van der Waals surface area contributed by atoms with Gasteiger partial charge in [-0.3, -0.25) is 4.79 Å². The maximum atomic E-state index is 12.4.